The summed E-state index contributed by atoms with van der Waals surface area (Å²) >= 11 is 3.29. The van der Waals surface area contributed by atoms with Crippen molar-refractivity contribution in [2.24, 2.45) is 0 Å². The van der Waals surface area contributed by atoms with Crippen molar-refractivity contribution in [2.75, 3.05) is 6.61 Å². The number of fused-ring (bicyclic) bond motifs is 1. The van der Waals surface area contributed by atoms with E-state index in [9.17, 15) is 13.2 Å². The Bertz CT molecular complexity index is 607. The van der Waals surface area contributed by atoms with Gasteiger partial charge in [0.2, 0.25) is 5.82 Å². The topological polar surface area (TPSA) is 27.1 Å². The van der Waals surface area contributed by atoms with Crippen LogP contribution in [0.1, 0.15) is 18.3 Å². The third-order valence-electron chi connectivity index (χ3n) is 2.71. The van der Waals surface area contributed by atoms with Crippen molar-refractivity contribution in [3.63, 3.8) is 0 Å². The Kier molecular flexibility index (Phi) is 3.87. The molecule has 0 atom stereocenters. The lowest BCUT2D eigenvalue weighted by Gasteiger charge is -2.11. The van der Waals surface area contributed by atoms with E-state index >= 15 is 0 Å². The maximum Gasteiger partial charge on any atom is 0.449 e. The monoisotopic (exact) mass is 336 g/mol. The Morgan fingerprint density at radius 3 is 2.63 bits per heavy atom. The molecule has 0 fully saturated rings. The van der Waals surface area contributed by atoms with Gasteiger partial charge in [0.15, 0.2) is 0 Å². The number of hydrogen-bond donors (Lipinski definition) is 0. The van der Waals surface area contributed by atoms with E-state index in [0.717, 1.165) is 14.6 Å². The minimum Gasteiger partial charge on any atom is -0.361 e. The van der Waals surface area contributed by atoms with E-state index < -0.39 is 12.0 Å². The van der Waals surface area contributed by atoms with Gasteiger partial charge in [-0.05, 0) is 31.5 Å². The van der Waals surface area contributed by atoms with Crippen molar-refractivity contribution in [3.8, 4) is 0 Å². The van der Waals surface area contributed by atoms with Gasteiger partial charge >= 0.3 is 6.18 Å². The highest BCUT2D eigenvalue weighted by Crippen LogP contribution is 2.33. The average Bonchev–Trinajstić information content (AvgIpc) is 2.65. The molecule has 2 aromatic rings. The second-order valence-electron chi connectivity index (χ2n) is 4.07. The van der Waals surface area contributed by atoms with Crippen LogP contribution in [-0.2, 0) is 17.6 Å². The van der Waals surface area contributed by atoms with Crippen LogP contribution in [0.15, 0.2) is 16.6 Å². The fraction of sp³-hybridized carbons (Fsp3) is 0.417. The standard InChI is InChI=1S/C12H12BrF3N2O/c1-3-19-6-18-10-4-7(2)8(13)5-9(10)17-11(18)12(14,15)16/h4-5H,3,6H2,1-2H3. The smallest absolute Gasteiger partial charge is 0.361 e. The summed E-state index contributed by atoms with van der Waals surface area (Å²) in [4.78, 5) is 3.67. The summed E-state index contributed by atoms with van der Waals surface area (Å²) in [5.74, 6) is -0.937. The van der Waals surface area contributed by atoms with Crippen LogP contribution in [0.4, 0.5) is 13.2 Å². The predicted octanol–water partition coefficient (Wildman–Crippen LogP) is 4.12. The zero-order valence-corrected chi connectivity index (χ0v) is 12.0. The normalized spacial score (nSPS) is 12.3. The van der Waals surface area contributed by atoms with Crippen LogP contribution in [-0.4, -0.2) is 16.2 Å². The number of aryl methyl sites for hydroxylation is 1. The van der Waals surface area contributed by atoms with Gasteiger partial charge in [0.1, 0.15) is 6.73 Å². The molecular formula is C12H12BrF3N2O. The van der Waals surface area contributed by atoms with Gasteiger partial charge in [0.25, 0.3) is 0 Å². The zero-order valence-electron chi connectivity index (χ0n) is 10.4. The summed E-state index contributed by atoms with van der Waals surface area (Å²) < 4.78 is 45.8. The molecule has 2 rings (SSSR count). The number of hydrogen-bond acceptors (Lipinski definition) is 2. The summed E-state index contributed by atoms with van der Waals surface area (Å²) in [6.45, 7) is 3.72. The number of nitrogens with zero attached hydrogens (tertiary/aromatic N) is 2. The molecule has 1 aromatic carbocycles. The number of imidazole rings is 1. The van der Waals surface area contributed by atoms with Gasteiger partial charge in [0.05, 0.1) is 11.0 Å². The van der Waals surface area contributed by atoms with Crippen molar-refractivity contribution in [1.82, 2.24) is 9.55 Å². The molecule has 0 saturated carbocycles. The first-order valence-electron chi connectivity index (χ1n) is 5.66. The molecule has 0 spiro atoms. The molecule has 0 N–H and O–H groups in total. The highest BCUT2D eigenvalue weighted by molar-refractivity contribution is 9.10. The molecule has 0 aliphatic carbocycles. The maximum absolute atomic E-state index is 13.0. The van der Waals surface area contributed by atoms with E-state index in [2.05, 4.69) is 20.9 Å². The first kappa shape index (κ1) is 14.3. The van der Waals surface area contributed by atoms with Crippen molar-refractivity contribution in [3.05, 3.63) is 28.0 Å². The molecule has 0 aliphatic heterocycles. The van der Waals surface area contributed by atoms with Gasteiger partial charge in [-0.15, -0.1) is 0 Å². The van der Waals surface area contributed by atoms with Crippen LogP contribution in [0.5, 0.6) is 0 Å². The highest BCUT2D eigenvalue weighted by atomic mass is 79.9. The first-order chi connectivity index (χ1) is 8.84. The first-order valence-corrected chi connectivity index (χ1v) is 6.45. The fourth-order valence-electron chi connectivity index (χ4n) is 1.78. The quantitative estimate of drug-likeness (QED) is 0.842. The van der Waals surface area contributed by atoms with E-state index in [1.165, 1.54) is 0 Å². The number of rotatable bonds is 3. The second kappa shape index (κ2) is 5.13. The molecule has 0 aliphatic rings. The summed E-state index contributed by atoms with van der Waals surface area (Å²) in [7, 11) is 0. The summed E-state index contributed by atoms with van der Waals surface area (Å²) in [6.07, 6.45) is -4.50. The lowest BCUT2D eigenvalue weighted by atomic mass is 10.2. The number of alkyl halides is 3. The van der Waals surface area contributed by atoms with Crippen molar-refractivity contribution in [2.45, 2.75) is 26.8 Å². The number of halogens is 4. The molecule has 0 amide bonds. The van der Waals surface area contributed by atoms with Gasteiger partial charge in [-0.1, -0.05) is 15.9 Å². The molecule has 19 heavy (non-hydrogen) atoms. The SMILES string of the molecule is CCOCn1c(C(F)(F)F)nc2cc(Br)c(C)cc21. The van der Waals surface area contributed by atoms with Crippen molar-refractivity contribution in [1.29, 1.82) is 0 Å². The largest absolute Gasteiger partial charge is 0.449 e. The zero-order chi connectivity index (χ0) is 14.2. The lowest BCUT2D eigenvalue weighted by molar-refractivity contribution is -0.149. The van der Waals surface area contributed by atoms with Crippen LogP contribution in [0.2, 0.25) is 0 Å². The lowest BCUT2D eigenvalue weighted by Crippen LogP contribution is -2.16. The van der Waals surface area contributed by atoms with Gasteiger partial charge in [0, 0.05) is 11.1 Å². The molecule has 0 bridgehead atoms. The van der Waals surface area contributed by atoms with E-state index in [-0.39, 0.29) is 6.73 Å². The molecule has 104 valence electrons. The summed E-state index contributed by atoms with van der Waals surface area (Å²) in [5.41, 5.74) is 1.56. The van der Waals surface area contributed by atoms with E-state index in [1.807, 2.05) is 6.92 Å². The van der Waals surface area contributed by atoms with Gasteiger partial charge < -0.3 is 4.74 Å². The number of aromatic nitrogens is 2. The van der Waals surface area contributed by atoms with Crippen molar-refractivity contribution >= 4 is 27.0 Å². The number of benzene rings is 1. The maximum atomic E-state index is 13.0. The molecule has 7 heteroatoms. The Morgan fingerprint density at radius 2 is 2.05 bits per heavy atom. The average molecular weight is 337 g/mol. The third-order valence-corrected chi connectivity index (χ3v) is 3.56. The minimum absolute atomic E-state index is 0.164. The Labute approximate surface area is 116 Å². The van der Waals surface area contributed by atoms with Gasteiger partial charge in [-0.2, -0.15) is 13.2 Å². The Balaban J connectivity index is 2.67. The summed E-state index contributed by atoms with van der Waals surface area (Å²) in [5, 5.41) is 0. The Hall–Kier alpha value is -1.08. The second-order valence-corrected chi connectivity index (χ2v) is 4.93. The highest BCUT2D eigenvalue weighted by Gasteiger charge is 2.37. The minimum atomic E-state index is -4.50. The van der Waals surface area contributed by atoms with E-state index in [1.54, 1.807) is 19.1 Å². The molecular weight excluding hydrogens is 325 g/mol. The van der Waals surface area contributed by atoms with Crippen LogP contribution in [0, 0.1) is 6.92 Å². The van der Waals surface area contributed by atoms with Gasteiger partial charge in [-0.25, -0.2) is 4.98 Å². The molecule has 1 heterocycles. The molecule has 0 radical (unpaired) electrons. The van der Waals surface area contributed by atoms with E-state index in [4.69, 9.17) is 4.74 Å². The third kappa shape index (κ3) is 2.76. The van der Waals surface area contributed by atoms with E-state index in [0.29, 0.717) is 17.6 Å². The van der Waals surface area contributed by atoms with Crippen molar-refractivity contribution < 1.29 is 17.9 Å². The van der Waals surface area contributed by atoms with Crippen LogP contribution in [0.25, 0.3) is 11.0 Å². The van der Waals surface area contributed by atoms with Crippen LogP contribution in [0.3, 0.4) is 0 Å². The fourth-order valence-corrected chi connectivity index (χ4v) is 2.11. The predicted molar refractivity (Wildman–Crippen MR) is 68.8 cm³/mol. The Morgan fingerprint density at radius 1 is 1.37 bits per heavy atom. The summed E-state index contributed by atoms with van der Waals surface area (Å²) in [6, 6.07) is 3.25. The van der Waals surface area contributed by atoms with Gasteiger partial charge in [-0.3, -0.25) is 4.57 Å². The molecule has 1 aromatic heterocycles. The molecule has 0 unspecified atom stereocenters. The van der Waals surface area contributed by atoms with Crippen LogP contribution >= 0.6 is 15.9 Å². The number of ether oxygens (including phenoxy) is 1. The molecule has 0 saturated heterocycles. The van der Waals surface area contributed by atoms with Crippen LogP contribution < -0.4 is 0 Å². The molecule has 3 nitrogen and oxygen atoms in total.